The first-order chi connectivity index (χ1) is 9.72. The van der Waals surface area contributed by atoms with Crippen molar-refractivity contribution < 1.29 is 14.3 Å². The first-order valence-corrected chi connectivity index (χ1v) is 7.40. The number of hydrogen-bond acceptors (Lipinski definition) is 4. The third-order valence-electron chi connectivity index (χ3n) is 4.21. The zero-order valence-corrected chi connectivity index (χ0v) is 11.9. The van der Waals surface area contributed by atoms with E-state index >= 15 is 0 Å². The van der Waals surface area contributed by atoms with Crippen molar-refractivity contribution in [3.63, 3.8) is 0 Å². The van der Waals surface area contributed by atoms with E-state index in [4.69, 9.17) is 9.47 Å². The van der Waals surface area contributed by atoms with Crippen molar-refractivity contribution in [2.24, 2.45) is 0 Å². The molecule has 0 spiro atoms. The van der Waals surface area contributed by atoms with Crippen LogP contribution in [0.15, 0.2) is 24.3 Å². The topological polar surface area (TPSA) is 38.8 Å². The van der Waals surface area contributed by atoms with E-state index in [0.717, 1.165) is 25.9 Å². The molecule has 4 nitrogen and oxygen atoms in total. The van der Waals surface area contributed by atoms with E-state index in [-0.39, 0.29) is 11.6 Å². The summed E-state index contributed by atoms with van der Waals surface area (Å²) in [7, 11) is 0. The fourth-order valence-electron chi connectivity index (χ4n) is 3.25. The van der Waals surface area contributed by atoms with E-state index in [0.29, 0.717) is 17.9 Å². The number of ether oxygens (including phenoxy) is 2. The largest absolute Gasteiger partial charge is 0.485 e. The molecule has 1 aromatic rings. The Kier molecular flexibility index (Phi) is 3.66. The molecule has 2 saturated heterocycles. The van der Waals surface area contributed by atoms with Gasteiger partial charge in [0.2, 0.25) is 0 Å². The molecule has 0 radical (unpaired) electrons. The number of para-hydroxylation sites is 1. The molecule has 108 valence electrons. The Bertz CT molecular complexity index is 498. The third-order valence-corrected chi connectivity index (χ3v) is 4.21. The van der Waals surface area contributed by atoms with Gasteiger partial charge in [-0.2, -0.15) is 0 Å². The average Bonchev–Trinajstić information content (AvgIpc) is 2.74. The lowest BCUT2D eigenvalue weighted by Crippen LogP contribution is -2.43. The van der Waals surface area contributed by atoms with Crippen LogP contribution in [0, 0.1) is 0 Å². The van der Waals surface area contributed by atoms with E-state index in [1.54, 1.807) is 6.07 Å². The molecule has 2 unspecified atom stereocenters. The monoisotopic (exact) mass is 275 g/mol. The zero-order chi connectivity index (χ0) is 14.0. The molecular weight excluding hydrogens is 254 g/mol. The van der Waals surface area contributed by atoms with Crippen LogP contribution in [0.3, 0.4) is 0 Å². The van der Waals surface area contributed by atoms with Gasteiger partial charge in [-0.1, -0.05) is 12.1 Å². The lowest BCUT2D eigenvalue weighted by molar-refractivity contribution is 0.0391. The number of carbonyl (C=O) groups excluding carboxylic acids is 1. The predicted molar refractivity (Wildman–Crippen MR) is 76.0 cm³/mol. The molecule has 0 aromatic heterocycles. The lowest BCUT2D eigenvalue weighted by Gasteiger charge is -2.35. The molecule has 0 N–H and O–H groups in total. The number of hydrogen-bond donors (Lipinski definition) is 0. The van der Waals surface area contributed by atoms with Crippen LogP contribution >= 0.6 is 0 Å². The summed E-state index contributed by atoms with van der Waals surface area (Å²) >= 11 is 0. The fourth-order valence-corrected chi connectivity index (χ4v) is 3.25. The summed E-state index contributed by atoms with van der Waals surface area (Å²) in [5.41, 5.74) is 0.425. The minimum absolute atomic E-state index is 0.110. The van der Waals surface area contributed by atoms with Gasteiger partial charge in [0, 0.05) is 19.5 Å². The fraction of sp³-hybridized carbons (Fsp3) is 0.562. The van der Waals surface area contributed by atoms with Gasteiger partial charge >= 0.3 is 5.97 Å². The molecule has 2 aliphatic heterocycles. The number of benzene rings is 1. The molecule has 2 fully saturated rings. The highest BCUT2D eigenvalue weighted by atomic mass is 16.5. The Morgan fingerprint density at radius 2 is 2.15 bits per heavy atom. The average molecular weight is 275 g/mol. The van der Waals surface area contributed by atoms with Gasteiger partial charge in [0.15, 0.2) is 0 Å². The highest BCUT2D eigenvalue weighted by Gasteiger charge is 2.43. The molecule has 0 aliphatic carbocycles. The van der Waals surface area contributed by atoms with Crippen LogP contribution in [-0.2, 0) is 4.74 Å². The van der Waals surface area contributed by atoms with Crippen LogP contribution in [-0.4, -0.2) is 42.7 Å². The van der Waals surface area contributed by atoms with Crippen molar-refractivity contribution in [2.45, 2.75) is 31.8 Å². The summed E-state index contributed by atoms with van der Waals surface area (Å²) in [6.45, 7) is 5.44. The second-order valence-electron chi connectivity index (χ2n) is 5.63. The molecule has 2 atom stereocenters. The normalized spacial score (nSPS) is 28.1. The van der Waals surface area contributed by atoms with Crippen LogP contribution in [0.25, 0.3) is 0 Å². The van der Waals surface area contributed by atoms with Gasteiger partial charge < -0.3 is 9.47 Å². The maximum absolute atomic E-state index is 12.0. The number of fused-ring (bicyclic) bond motifs is 2. The van der Waals surface area contributed by atoms with E-state index in [9.17, 15) is 4.79 Å². The summed E-state index contributed by atoms with van der Waals surface area (Å²) in [5.74, 6) is 0.361. The highest BCUT2D eigenvalue weighted by Crippen LogP contribution is 2.36. The Balaban J connectivity index is 1.82. The molecule has 0 saturated carbocycles. The minimum atomic E-state index is -0.301. The van der Waals surface area contributed by atoms with Gasteiger partial charge in [-0.15, -0.1) is 0 Å². The molecular formula is C16H21NO3. The maximum atomic E-state index is 12.0. The molecule has 2 aliphatic rings. The number of carbonyl (C=O) groups is 1. The summed E-state index contributed by atoms with van der Waals surface area (Å²) in [6.07, 6.45) is 3.28. The first kappa shape index (κ1) is 13.4. The molecule has 20 heavy (non-hydrogen) atoms. The Labute approximate surface area is 119 Å². The SMILES string of the molecule is CCOC(=O)c1ccccc1OC12CCCN(CC1)C2. The molecule has 4 heteroatoms. The lowest BCUT2D eigenvalue weighted by atomic mass is 9.94. The Morgan fingerprint density at radius 3 is 3.00 bits per heavy atom. The van der Waals surface area contributed by atoms with Gasteiger partial charge in [0.25, 0.3) is 0 Å². The molecule has 2 bridgehead atoms. The standard InChI is InChI=1S/C16H21NO3/c1-2-19-15(18)13-6-3-4-7-14(13)20-16-8-5-10-17(12-16)11-9-16/h3-4,6-7H,2,5,8-12H2,1H3. The maximum Gasteiger partial charge on any atom is 0.341 e. The smallest absolute Gasteiger partial charge is 0.341 e. The van der Waals surface area contributed by atoms with Gasteiger partial charge in [0.05, 0.1) is 6.61 Å². The summed E-state index contributed by atoms with van der Waals surface area (Å²) < 4.78 is 11.4. The Hall–Kier alpha value is -1.55. The molecule has 0 amide bonds. The van der Waals surface area contributed by atoms with Crippen molar-refractivity contribution in [1.82, 2.24) is 4.90 Å². The van der Waals surface area contributed by atoms with Gasteiger partial charge in [-0.05, 0) is 38.4 Å². The quantitative estimate of drug-likeness (QED) is 0.791. The van der Waals surface area contributed by atoms with Crippen molar-refractivity contribution >= 4 is 5.97 Å². The zero-order valence-electron chi connectivity index (χ0n) is 11.9. The highest BCUT2D eigenvalue weighted by molar-refractivity contribution is 5.92. The van der Waals surface area contributed by atoms with E-state index < -0.39 is 0 Å². The molecule has 3 rings (SSSR count). The minimum Gasteiger partial charge on any atom is -0.485 e. The number of piperidine rings is 1. The van der Waals surface area contributed by atoms with Gasteiger partial charge in [-0.3, -0.25) is 4.90 Å². The van der Waals surface area contributed by atoms with Crippen molar-refractivity contribution in [2.75, 3.05) is 26.2 Å². The van der Waals surface area contributed by atoms with E-state index in [1.807, 2.05) is 25.1 Å². The predicted octanol–water partition coefficient (Wildman–Crippen LogP) is 2.48. The number of nitrogens with zero attached hydrogens (tertiary/aromatic N) is 1. The van der Waals surface area contributed by atoms with Crippen LogP contribution in [0.2, 0.25) is 0 Å². The molecule has 1 aromatic carbocycles. The van der Waals surface area contributed by atoms with Crippen LogP contribution in [0.1, 0.15) is 36.5 Å². The Morgan fingerprint density at radius 1 is 1.30 bits per heavy atom. The van der Waals surface area contributed by atoms with Crippen LogP contribution in [0.4, 0.5) is 0 Å². The second-order valence-corrected chi connectivity index (χ2v) is 5.63. The first-order valence-electron chi connectivity index (χ1n) is 7.40. The van der Waals surface area contributed by atoms with Gasteiger partial charge in [0.1, 0.15) is 16.9 Å². The van der Waals surface area contributed by atoms with Crippen molar-refractivity contribution in [3.8, 4) is 5.75 Å². The van der Waals surface area contributed by atoms with Crippen LogP contribution in [0.5, 0.6) is 5.75 Å². The summed E-state index contributed by atoms with van der Waals surface area (Å²) in [4.78, 5) is 14.4. The van der Waals surface area contributed by atoms with E-state index in [1.165, 1.54) is 13.0 Å². The van der Waals surface area contributed by atoms with Crippen LogP contribution < -0.4 is 4.74 Å². The summed E-state index contributed by atoms with van der Waals surface area (Å²) in [5, 5.41) is 0. The molecule has 2 heterocycles. The van der Waals surface area contributed by atoms with Crippen molar-refractivity contribution in [3.05, 3.63) is 29.8 Å². The van der Waals surface area contributed by atoms with E-state index in [2.05, 4.69) is 4.90 Å². The third kappa shape index (κ3) is 2.52. The van der Waals surface area contributed by atoms with Gasteiger partial charge in [-0.25, -0.2) is 4.79 Å². The second kappa shape index (κ2) is 5.44. The number of esters is 1. The number of rotatable bonds is 4. The van der Waals surface area contributed by atoms with Crippen molar-refractivity contribution in [1.29, 1.82) is 0 Å². The summed E-state index contributed by atoms with van der Waals surface area (Å²) in [6, 6.07) is 7.40.